The molecular weight excluding hydrogens is 328 g/mol. The van der Waals surface area contributed by atoms with Crippen LogP contribution >= 0.6 is 0 Å². The summed E-state index contributed by atoms with van der Waals surface area (Å²) in [7, 11) is 1.63. The maximum absolute atomic E-state index is 12.7. The molecule has 26 heavy (non-hydrogen) atoms. The van der Waals surface area contributed by atoms with Gasteiger partial charge in [-0.05, 0) is 49.9 Å². The minimum absolute atomic E-state index is 0.0369. The van der Waals surface area contributed by atoms with E-state index < -0.39 is 0 Å². The first-order valence-electron chi connectivity index (χ1n) is 9.25. The van der Waals surface area contributed by atoms with Crippen molar-refractivity contribution in [2.75, 3.05) is 30.4 Å². The molecule has 4 rings (SSSR count). The number of piperidine rings is 1. The Hall–Kier alpha value is -2.63. The number of hydrogen-bond donors (Lipinski definition) is 1. The third-order valence-electron chi connectivity index (χ3n) is 5.14. The van der Waals surface area contributed by atoms with Crippen molar-refractivity contribution in [2.24, 2.45) is 5.92 Å². The van der Waals surface area contributed by atoms with Crippen LogP contribution in [0.2, 0.25) is 0 Å². The number of amides is 1. The number of benzene rings is 1. The summed E-state index contributed by atoms with van der Waals surface area (Å²) in [5, 5.41) is 3.02. The number of carbonyl (C=O) groups is 1. The van der Waals surface area contributed by atoms with E-state index in [1.807, 2.05) is 24.3 Å². The van der Waals surface area contributed by atoms with E-state index in [1.54, 1.807) is 13.4 Å². The van der Waals surface area contributed by atoms with E-state index in [4.69, 9.17) is 4.74 Å². The van der Waals surface area contributed by atoms with Crippen molar-refractivity contribution in [3.8, 4) is 5.75 Å². The summed E-state index contributed by atoms with van der Waals surface area (Å²) < 4.78 is 5.15. The first-order chi connectivity index (χ1) is 12.7. The molecule has 1 N–H and O–H groups in total. The van der Waals surface area contributed by atoms with Gasteiger partial charge in [0.2, 0.25) is 5.91 Å². The topological polar surface area (TPSA) is 67.3 Å². The predicted octanol–water partition coefficient (Wildman–Crippen LogP) is 3.22. The van der Waals surface area contributed by atoms with Gasteiger partial charge < -0.3 is 15.0 Å². The van der Waals surface area contributed by atoms with Crippen molar-refractivity contribution >= 4 is 17.4 Å². The van der Waals surface area contributed by atoms with E-state index in [2.05, 4.69) is 26.3 Å². The zero-order chi connectivity index (χ0) is 17.9. The van der Waals surface area contributed by atoms with Crippen LogP contribution in [0.25, 0.3) is 0 Å². The molecule has 1 aromatic carbocycles. The lowest BCUT2D eigenvalue weighted by Crippen LogP contribution is -2.41. The van der Waals surface area contributed by atoms with Gasteiger partial charge in [-0.1, -0.05) is 0 Å². The molecule has 0 bridgehead atoms. The predicted molar refractivity (Wildman–Crippen MR) is 101 cm³/mol. The van der Waals surface area contributed by atoms with Gasteiger partial charge in [-0.2, -0.15) is 0 Å². The zero-order valence-corrected chi connectivity index (χ0v) is 15.0. The van der Waals surface area contributed by atoms with Crippen LogP contribution in [0.3, 0.4) is 0 Å². The number of nitrogens with zero attached hydrogens (tertiary/aromatic N) is 3. The van der Waals surface area contributed by atoms with Gasteiger partial charge in [0.05, 0.1) is 13.0 Å². The van der Waals surface area contributed by atoms with Crippen molar-refractivity contribution < 1.29 is 9.53 Å². The van der Waals surface area contributed by atoms with Crippen LogP contribution in [0, 0.1) is 5.92 Å². The van der Waals surface area contributed by atoms with Crippen molar-refractivity contribution in [2.45, 2.75) is 31.6 Å². The molecule has 1 aliphatic heterocycles. The van der Waals surface area contributed by atoms with Crippen LogP contribution in [0.1, 0.15) is 37.3 Å². The van der Waals surface area contributed by atoms with E-state index >= 15 is 0 Å². The summed E-state index contributed by atoms with van der Waals surface area (Å²) in [6.45, 7) is 1.64. The molecule has 136 valence electrons. The summed E-state index contributed by atoms with van der Waals surface area (Å²) in [5.41, 5.74) is 1.94. The first-order valence-corrected chi connectivity index (χ1v) is 9.25. The molecule has 1 amide bonds. The molecule has 1 atom stereocenters. The summed E-state index contributed by atoms with van der Waals surface area (Å²) in [5.74, 6) is 2.36. The minimum atomic E-state index is -0.0369. The van der Waals surface area contributed by atoms with Crippen LogP contribution in [0.4, 0.5) is 11.5 Å². The number of ether oxygens (including phenoxy) is 1. The zero-order valence-electron chi connectivity index (χ0n) is 15.0. The Bertz CT molecular complexity index is 774. The molecule has 1 aromatic heterocycles. The van der Waals surface area contributed by atoms with E-state index in [1.165, 1.54) is 12.8 Å². The second-order valence-corrected chi connectivity index (χ2v) is 7.08. The highest BCUT2D eigenvalue weighted by atomic mass is 16.5. The molecule has 6 nitrogen and oxygen atoms in total. The average molecular weight is 352 g/mol. The number of hydrogen-bond acceptors (Lipinski definition) is 5. The van der Waals surface area contributed by atoms with Gasteiger partial charge in [0.25, 0.3) is 0 Å². The van der Waals surface area contributed by atoms with Gasteiger partial charge >= 0.3 is 0 Å². The van der Waals surface area contributed by atoms with Gasteiger partial charge in [0.15, 0.2) is 0 Å². The second-order valence-electron chi connectivity index (χ2n) is 7.08. The Balaban J connectivity index is 1.40. The molecule has 2 aromatic rings. The van der Waals surface area contributed by atoms with Gasteiger partial charge in [0, 0.05) is 36.5 Å². The highest BCUT2D eigenvalue weighted by Crippen LogP contribution is 2.39. The molecule has 1 aliphatic carbocycles. The number of anilines is 2. The number of nitrogens with one attached hydrogen (secondary N) is 1. The van der Waals surface area contributed by atoms with E-state index in [-0.39, 0.29) is 11.8 Å². The quantitative estimate of drug-likeness (QED) is 0.895. The Kier molecular flexibility index (Phi) is 4.73. The average Bonchev–Trinajstić information content (AvgIpc) is 3.54. The SMILES string of the molecule is COc1ccc(NC(=O)[C@@H]2CCCN(c3cc(C4CC4)ncn3)C2)cc1. The Morgan fingerprint density at radius 3 is 2.73 bits per heavy atom. The fourth-order valence-electron chi connectivity index (χ4n) is 3.45. The first kappa shape index (κ1) is 16.8. The number of aromatic nitrogens is 2. The molecule has 2 aliphatic rings. The maximum atomic E-state index is 12.7. The summed E-state index contributed by atoms with van der Waals surface area (Å²) in [6, 6.07) is 9.53. The van der Waals surface area contributed by atoms with E-state index in [9.17, 15) is 4.79 Å². The molecule has 1 saturated heterocycles. The number of carbonyl (C=O) groups excluding carboxylic acids is 1. The van der Waals surface area contributed by atoms with Crippen molar-refractivity contribution in [3.63, 3.8) is 0 Å². The van der Waals surface area contributed by atoms with Crippen molar-refractivity contribution in [1.29, 1.82) is 0 Å². The van der Waals surface area contributed by atoms with E-state index in [0.29, 0.717) is 12.5 Å². The third kappa shape index (κ3) is 3.79. The fourth-order valence-corrected chi connectivity index (χ4v) is 3.45. The van der Waals surface area contributed by atoms with Gasteiger partial charge in [-0.3, -0.25) is 4.79 Å². The molecule has 0 unspecified atom stereocenters. The largest absolute Gasteiger partial charge is 0.497 e. The van der Waals surface area contributed by atoms with Crippen LogP contribution in [-0.4, -0.2) is 36.1 Å². The van der Waals surface area contributed by atoms with Gasteiger partial charge in [-0.25, -0.2) is 9.97 Å². The van der Waals surface area contributed by atoms with Gasteiger partial charge in [-0.15, -0.1) is 0 Å². The van der Waals surface area contributed by atoms with E-state index in [0.717, 1.165) is 42.3 Å². The molecule has 0 radical (unpaired) electrons. The summed E-state index contributed by atoms with van der Waals surface area (Å²) >= 11 is 0. The molecule has 0 spiro atoms. The van der Waals surface area contributed by atoms with Crippen LogP contribution in [0.5, 0.6) is 5.75 Å². The lowest BCUT2D eigenvalue weighted by atomic mass is 9.97. The van der Waals surface area contributed by atoms with Crippen LogP contribution in [-0.2, 0) is 4.79 Å². The number of methoxy groups -OCH3 is 1. The normalized spacial score (nSPS) is 19.9. The van der Waals surface area contributed by atoms with Crippen molar-refractivity contribution in [1.82, 2.24) is 9.97 Å². The molecule has 6 heteroatoms. The maximum Gasteiger partial charge on any atom is 0.229 e. The molecule has 1 saturated carbocycles. The standard InChI is InChI=1S/C20H24N4O2/c1-26-17-8-6-16(7-9-17)23-20(25)15-3-2-10-24(12-15)19-11-18(14-4-5-14)21-13-22-19/h6-9,11,13-15H,2-5,10,12H2,1H3,(H,23,25)/t15-/m1/s1. The number of rotatable bonds is 5. The van der Waals surface area contributed by atoms with Gasteiger partial charge in [0.1, 0.15) is 17.9 Å². The summed E-state index contributed by atoms with van der Waals surface area (Å²) in [4.78, 5) is 23.7. The molecule has 2 heterocycles. The highest BCUT2D eigenvalue weighted by molar-refractivity contribution is 5.93. The van der Waals surface area contributed by atoms with Crippen molar-refractivity contribution in [3.05, 3.63) is 42.4 Å². The molecular formula is C20H24N4O2. The highest BCUT2D eigenvalue weighted by Gasteiger charge is 2.29. The third-order valence-corrected chi connectivity index (χ3v) is 5.14. The fraction of sp³-hybridized carbons (Fsp3) is 0.450. The smallest absolute Gasteiger partial charge is 0.229 e. The summed E-state index contributed by atoms with van der Waals surface area (Å²) in [6.07, 6.45) is 6.00. The Morgan fingerprint density at radius 1 is 1.19 bits per heavy atom. The second kappa shape index (κ2) is 7.32. The lowest BCUT2D eigenvalue weighted by Gasteiger charge is -2.33. The minimum Gasteiger partial charge on any atom is -0.497 e. The molecule has 2 fully saturated rings. The van der Waals surface area contributed by atoms with Crippen LogP contribution < -0.4 is 15.0 Å². The van der Waals surface area contributed by atoms with Crippen LogP contribution in [0.15, 0.2) is 36.7 Å². The Morgan fingerprint density at radius 2 is 2.00 bits per heavy atom. The lowest BCUT2D eigenvalue weighted by molar-refractivity contribution is -0.120. The monoisotopic (exact) mass is 352 g/mol. The Labute approximate surface area is 153 Å².